The van der Waals surface area contributed by atoms with Crippen molar-refractivity contribution in [3.63, 3.8) is 0 Å². The highest BCUT2D eigenvalue weighted by Gasteiger charge is 2.28. The second kappa shape index (κ2) is 7.78. The fraction of sp³-hybridized carbons (Fsp3) is 0.474. The Balaban J connectivity index is 1.62. The third-order valence-electron chi connectivity index (χ3n) is 5.14. The van der Waals surface area contributed by atoms with Crippen molar-refractivity contribution >= 4 is 5.91 Å². The molecule has 134 valence electrons. The van der Waals surface area contributed by atoms with Gasteiger partial charge < -0.3 is 9.42 Å². The zero-order valence-electron chi connectivity index (χ0n) is 14.7. The third kappa shape index (κ3) is 4.25. The highest BCUT2D eigenvalue weighted by Crippen LogP contribution is 2.25. The molecule has 1 aliphatic heterocycles. The predicted molar refractivity (Wildman–Crippen MR) is 92.1 cm³/mol. The van der Waals surface area contributed by atoms with E-state index in [2.05, 4.69) is 24.0 Å². The van der Waals surface area contributed by atoms with E-state index in [0.717, 1.165) is 24.1 Å². The Labute approximate surface area is 147 Å². The molecule has 1 aromatic heterocycles. The van der Waals surface area contributed by atoms with Crippen LogP contribution in [0.2, 0.25) is 0 Å². The second-order valence-corrected chi connectivity index (χ2v) is 6.69. The topological polar surface area (TPSA) is 49.6 Å². The molecule has 2 unspecified atom stereocenters. The Kier molecular flexibility index (Phi) is 5.48. The molecule has 2 aromatic rings. The summed E-state index contributed by atoms with van der Waals surface area (Å²) in [5.41, 5.74) is 1.86. The van der Waals surface area contributed by atoms with E-state index in [4.69, 9.17) is 4.52 Å². The molecule has 2 atom stereocenters. The van der Waals surface area contributed by atoms with E-state index in [1.807, 2.05) is 11.0 Å². The number of likely N-dealkylation sites (tertiary alicyclic amines) is 1. The van der Waals surface area contributed by atoms with Crippen molar-refractivity contribution in [3.8, 4) is 0 Å². The quantitative estimate of drug-likeness (QED) is 0.833. The fourth-order valence-electron chi connectivity index (χ4n) is 3.37. The molecule has 5 nitrogen and oxygen atoms in total. The van der Waals surface area contributed by atoms with Crippen molar-refractivity contribution in [2.75, 3.05) is 13.6 Å². The van der Waals surface area contributed by atoms with E-state index in [1.54, 1.807) is 18.4 Å². The Bertz CT molecular complexity index is 687. The molecule has 0 radical (unpaired) electrons. The molecule has 0 bridgehead atoms. The van der Waals surface area contributed by atoms with Crippen molar-refractivity contribution < 1.29 is 13.7 Å². The predicted octanol–water partition coefficient (Wildman–Crippen LogP) is 3.39. The molecule has 0 aliphatic carbocycles. The van der Waals surface area contributed by atoms with E-state index >= 15 is 0 Å². The van der Waals surface area contributed by atoms with Crippen LogP contribution >= 0.6 is 0 Å². The maximum atomic E-state index is 13.0. The first-order chi connectivity index (χ1) is 12.0. The molecule has 1 amide bonds. The van der Waals surface area contributed by atoms with Crippen LogP contribution in [0.25, 0.3) is 0 Å². The number of nitrogens with zero attached hydrogens (tertiary/aromatic N) is 3. The van der Waals surface area contributed by atoms with Gasteiger partial charge in [-0.1, -0.05) is 17.3 Å². The number of aromatic nitrogens is 1. The van der Waals surface area contributed by atoms with Gasteiger partial charge in [-0.3, -0.25) is 9.69 Å². The van der Waals surface area contributed by atoms with Crippen molar-refractivity contribution in [1.82, 2.24) is 15.0 Å². The molecule has 6 heteroatoms. The van der Waals surface area contributed by atoms with Crippen LogP contribution in [0.4, 0.5) is 4.39 Å². The van der Waals surface area contributed by atoms with Crippen molar-refractivity contribution in [1.29, 1.82) is 0 Å². The van der Waals surface area contributed by atoms with Crippen molar-refractivity contribution in [2.45, 2.75) is 44.8 Å². The number of rotatable bonds is 5. The maximum Gasteiger partial charge on any atom is 0.222 e. The zero-order chi connectivity index (χ0) is 17.8. The zero-order valence-corrected chi connectivity index (χ0v) is 14.7. The van der Waals surface area contributed by atoms with E-state index in [0.29, 0.717) is 25.6 Å². The van der Waals surface area contributed by atoms with Gasteiger partial charge in [0, 0.05) is 31.6 Å². The lowest BCUT2D eigenvalue weighted by atomic mass is 10.0. The Morgan fingerprint density at radius 2 is 2.08 bits per heavy atom. The molecule has 0 saturated carbocycles. The first kappa shape index (κ1) is 17.6. The van der Waals surface area contributed by atoms with Crippen LogP contribution in [0.5, 0.6) is 0 Å². The van der Waals surface area contributed by atoms with Gasteiger partial charge in [-0.15, -0.1) is 0 Å². The highest BCUT2D eigenvalue weighted by atomic mass is 19.1. The lowest BCUT2D eigenvalue weighted by Gasteiger charge is -2.31. The monoisotopic (exact) mass is 345 g/mol. The summed E-state index contributed by atoms with van der Waals surface area (Å²) in [5.74, 6) is -0.0937. The first-order valence-corrected chi connectivity index (χ1v) is 8.69. The summed E-state index contributed by atoms with van der Waals surface area (Å²) in [4.78, 5) is 16.6. The standard InChI is InChI=1S/C19H24FN3O2/c1-14(18-10-12-25-21-18)22(2)17-7-8-19(24)23(11-9-17)13-15-3-5-16(20)6-4-15/h3-6,10,12,14,17H,7-9,11,13H2,1-2H3. The average Bonchev–Trinajstić information content (AvgIpc) is 3.09. The largest absolute Gasteiger partial charge is 0.364 e. The second-order valence-electron chi connectivity index (χ2n) is 6.69. The Hall–Kier alpha value is -2.21. The van der Waals surface area contributed by atoms with Gasteiger partial charge >= 0.3 is 0 Å². The molecule has 1 saturated heterocycles. The summed E-state index contributed by atoms with van der Waals surface area (Å²) in [5, 5.41) is 4.02. The van der Waals surface area contributed by atoms with Crippen LogP contribution in [-0.2, 0) is 11.3 Å². The third-order valence-corrected chi connectivity index (χ3v) is 5.14. The number of carbonyl (C=O) groups is 1. The summed E-state index contributed by atoms with van der Waals surface area (Å²) in [6.07, 6.45) is 3.85. The smallest absolute Gasteiger partial charge is 0.222 e. The molecular weight excluding hydrogens is 321 g/mol. The van der Waals surface area contributed by atoms with E-state index in [-0.39, 0.29) is 17.8 Å². The van der Waals surface area contributed by atoms with Crippen LogP contribution in [0.3, 0.4) is 0 Å². The van der Waals surface area contributed by atoms with Crippen LogP contribution < -0.4 is 0 Å². The van der Waals surface area contributed by atoms with Gasteiger partial charge in [0.15, 0.2) is 0 Å². The summed E-state index contributed by atoms with van der Waals surface area (Å²) < 4.78 is 18.0. The van der Waals surface area contributed by atoms with E-state index in [1.165, 1.54) is 12.1 Å². The number of hydrogen-bond acceptors (Lipinski definition) is 4. The Morgan fingerprint density at radius 3 is 2.76 bits per heavy atom. The average molecular weight is 345 g/mol. The number of amides is 1. The van der Waals surface area contributed by atoms with Crippen LogP contribution in [0.1, 0.15) is 43.5 Å². The van der Waals surface area contributed by atoms with Gasteiger partial charge in [-0.25, -0.2) is 4.39 Å². The molecule has 25 heavy (non-hydrogen) atoms. The van der Waals surface area contributed by atoms with Gasteiger partial charge in [0.2, 0.25) is 5.91 Å². The maximum absolute atomic E-state index is 13.0. The number of benzene rings is 1. The van der Waals surface area contributed by atoms with Crippen molar-refractivity contribution in [3.05, 3.63) is 53.7 Å². The van der Waals surface area contributed by atoms with Crippen LogP contribution in [0, 0.1) is 5.82 Å². The number of carbonyl (C=O) groups excluding carboxylic acids is 1. The SMILES string of the molecule is CC(c1ccon1)N(C)C1CCC(=O)N(Cc2ccc(F)cc2)CC1. The summed E-state index contributed by atoms with van der Waals surface area (Å²) >= 11 is 0. The Morgan fingerprint density at radius 1 is 1.32 bits per heavy atom. The number of hydrogen-bond donors (Lipinski definition) is 0. The molecule has 3 rings (SSSR count). The van der Waals surface area contributed by atoms with Gasteiger partial charge in [0.1, 0.15) is 17.8 Å². The fourth-order valence-corrected chi connectivity index (χ4v) is 3.37. The van der Waals surface area contributed by atoms with Gasteiger partial charge in [0.05, 0.1) is 6.04 Å². The molecule has 0 N–H and O–H groups in total. The van der Waals surface area contributed by atoms with Gasteiger partial charge in [-0.2, -0.15) is 0 Å². The molecule has 1 fully saturated rings. The van der Waals surface area contributed by atoms with E-state index < -0.39 is 0 Å². The lowest BCUT2D eigenvalue weighted by Crippen LogP contribution is -2.35. The number of halogens is 1. The summed E-state index contributed by atoms with van der Waals surface area (Å²) in [6.45, 7) is 3.34. The summed E-state index contributed by atoms with van der Waals surface area (Å²) in [6, 6.07) is 8.69. The molecule has 1 aromatic carbocycles. The van der Waals surface area contributed by atoms with E-state index in [9.17, 15) is 9.18 Å². The van der Waals surface area contributed by atoms with Crippen LogP contribution in [-0.4, -0.2) is 40.5 Å². The lowest BCUT2D eigenvalue weighted by molar-refractivity contribution is -0.131. The minimum atomic E-state index is -0.255. The van der Waals surface area contributed by atoms with Crippen molar-refractivity contribution in [2.24, 2.45) is 0 Å². The molecule has 1 aliphatic rings. The van der Waals surface area contributed by atoms with Crippen LogP contribution in [0.15, 0.2) is 41.1 Å². The van der Waals surface area contributed by atoms with Gasteiger partial charge in [-0.05, 0) is 44.5 Å². The summed E-state index contributed by atoms with van der Waals surface area (Å²) in [7, 11) is 2.07. The molecule has 2 heterocycles. The molecular formula is C19H24FN3O2. The van der Waals surface area contributed by atoms with Gasteiger partial charge in [0.25, 0.3) is 0 Å². The first-order valence-electron chi connectivity index (χ1n) is 8.69. The highest BCUT2D eigenvalue weighted by molar-refractivity contribution is 5.76. The normalized spacial score (nSPS) is 19.9. The minimum absolute atomic E-state index is 0.141. The molecule has 0 spiro atoms. The minimum Gasteiger partial charge on any atom is -0.364 e.